The van der Waals surface area contributed by atoms with E-state index in [4.69, 9.17) is 5.10 Å². The molecular formula is C18H24N4O. The lowest BCUT2D eigenvalue weighted by Crippen LogP contribution is -2.47. The maximum absolute atomic E-state index is 11.4. The lowest BCUT2D eigenvalue weighted by Gasteiger charge is -2.34. The molecule has 1 amide bonds. The van der Waals surface area contributed by atoms with Crippen molar-refractivity contribution in [1.82, 2.24) is 19.6 Å². The van der Waals surface area contributed by atoms with E-state index >= 15 is 0 Å². The van der Waals surface area contributed by atoms with E-state index in [0.717, 1.165) is 44.1 Å². The molecule has 0 aliphatic carbocycles. The summed E-state index contributed by atoms with van der Waals surface area (Å²) in [5.74, 6) is 0.175. The highest BCUT2D eigenvalue weighted by Crippen LogP contribution is 2.20. The molecule has 1 aromatic carbocycles. The second-order valence-corrected chi connectivity index (χ2v) is 6.18. The van der Waals surface area contributed by atoms with Gasteiger partial charge in [-0.2, -0.15) is 5.10 Å². The molecule has 1 aliphatic heterocycles. The van der Waals surface area contributed by atoms with E-state index in [1.807, 2.05) is 27.8 Å². The SMILES string of the molecule is CC(=O)N1CCN(Cc2c(C)nn(-c3ccccc3)c2C)CC1. The highest BCUT2D eigenvalue weighted by Gasteiger charge is 2.21. The van der Waals surface area contributed by atoms with Gasteiger partial charge in [0.05, 0.1) is 11.4 Å². The molecule has 0 radical (unpaired) electrons. The predicted molar refractivity (Wildman–Crippen MR) is 90.6 cm³/mol. The van der Waals surface area contributed by atoms with Crippen LogP contribution in [0.4, 0.5) is 0 Å². The molecule has 0 spiro atoms. The Hall–Kier alpha value is -2.14. The van der Waals surface area contributed by atoms with Crippen molar-refractivity contribution in [3.05, 3.63) is 47.3 Å². The second-order valence-electron chi connectivity index (χ2n) is 6.18. The molecule has 1 fully saturated rings. The van der Waals surface area contributed by atoms with Crippen LogP contribution >= 0.6 is 0 Å². The zero-order valence-corrected chi connectivity index (χ0v) is 14.1. The largest absolute Gasteiger partial charge is 0.340 e. The predicted octanol–water partition coefficient (Wildman–Crippen LogP) is 2.15. The first-order valence-corrected chi connectivity index (χ1v) is 8.14. The Bertz CT molecular complexity index is 685. The molecule has 0 saturated carbocycles. The highest BCUT2D eigenvalue weighted by molar-refractivity contribution is 5.73. The van der Waals surface area contributed by atoms with E-state index in [2.05, 4.69) is 30.9 Å². The van der Waals surface area contributed by atoms with Gasteiger partial charge in [-0.1, -0.05) is 18.2 Å². The number of amides is 1. The van der Waals surface area contributed by atoms with Crippen LogP contribution in [-0.2, 0) is 11.3 Å². The third kappa shape index (κ3) is 3.29. The van der Waals surface area contributed by atoms with Crippen LogP contribution in [0.25, 0.3) is 5.69 Å². The summed E-state index contributed by atoms with van der Waals surface area (Å²) < 4.78 is 2.02. The van der Waals surface area contributed by atoms with Gasteiger partial charge in [-0.3, -0.25) is 9.69 Å². The van der Waals surface area contributed by atoms with Gasteiger partial charge in [-0.05, 0) is 26.0 Å². The first-order valence-electron chi connectivity index (χ1n) is 8.14. The topological polar surface area (TPSA) is 41.4 Å². The van der Waals surface area contributed by atoms with Crippen LogP contribution in [0.1, 0.15) is 23.9 Å². The Balaban J connectivity index is 1.75. The van der Waals surface area contributed by atoms with Crippen LogP contribution in [0.3, 0.4) is 0 Å². The molecule has 1 saturated heterocycles. The molecule has 3 rings (SSSR count). The quantitative estimate of drug-likeness (QED) is 0.872. The molecule has 0 atom stereocenters. The summed E-state index contributed by atoms with van der Waals surface area (Å²) in [6, 6.07) is 10.2. The number of hydrogen-bond donors (Lipinski definition) is 0. The van der Waals surface area contributed by atoms with Gasteiger partial charge in [0.15, 0.2) is 0 Å². The van der Waals surface area contributed by atoms with Gasteiger partial charge < -0.3 is 4.90 Å². The minimum Gasteiger partial charge on any atom is -0.340 e. The van der Waals surface area contributed by atoms with Gasteiger partial charge in [0.1, 0.15) is 0 Å². The van der Waals surface area contributed by atoms with Gasteiger partial charge in [-0.15, -0.1) is 0 Å². The van der Waals surface area contributed by atoms with Gasteiger partial charge in [0.2, 0.25) is 5.91 Å². The van der Waals surface area contributed by atoms with Crippen LogP contribution in [0.2, 0.25) is 0 Å². The van der Waals surface area contributed by atoms with Gasteiger partial charge >= 0.3 is 0 Å². The molecule has 1 aliphatic rings. The maximum Gasteiger partial charge on any atom is 0.219 e. The zero-order chi connectivity index (χ0) is 16.4. The smallest absolute Gasteiger partial charge is 0.219 e. The maximum atomic E-state index is 11.4. The molecule has 1 aromatic heterocycles. The van der Waals surface area contributed by atoms with Crippen molar-refractivity contribution in [3.63, 3.8) is 0 Å². The monoisotopic (exact) mass is 312 g/mol. The third-order valence-corrected chi connectivity index (χ3v) is 4.64. The van der Waals surface area contributed by atoms with Gasteiger partial charge in [0.25, 0.3) is 0 Å². The van der Waals surface area contributed by atoms with Crippen molar-refractivity contribution in [2.75, 3.05) is 26.2 Å². The molecule has 2 aromatic rings. The molecule has 2 heterocycles. The van der Waals surface area contributed by atoms with Crippen LogP contribution in [0.5, 0.6) is 0 Å². The summed E-state index contributed by atoms with van der Waals surface area (Å²) in [7, 11) is 0. The minimum atomic E-state index is 0.175. The zero-order valence-electron chi connectivity index (χ0n) is 14.1. The van der Waals surface area contributed by atoms with Gasteiger partial charge in [-0.25, -0.2) is 4.68 Å². The van der Waals surface area contributed by atoms with E-state index in [0.29, 0.717) is 0 Å². The van der Waals surface area contributed by atoms with Crippen molar-refractivity contribution in [3.8, 4) is 5.69 Å². The molecule has 5 nitrogen and oxygen atoms in total. The average molecular weight is 312 g/mol. The van der Waals surface area contributed by atoms with Crippen molar-refractivity contribution in [1.29, 1.82) is 0 Å². The number of nitrogens with zero attached hydrogens (tertiary/aromatic N) is 4. The number of rotatable bonds is 3. The fraction of sp³-hybridized carbons (Fsp3) is 0.444. The Kier molecular flexibility index (Phi) is 4.48. The molecule has 0 N–H and O–H groups in total. The summed E-state index contributed by atoms with van der Waals surface area (Å²) in [5.41, 5.74) is 4.67. The van der Waals surface area contributed by atoms with Crippen LogP contribution in [0, 0.1) is 13.8 Å². The van der Waals surface area contributed by atoms with Crippen LogP contribution < -0.4 is 0 Å². The third-order valence-electron chi connectivity index (χ3n) is 4.64. The Morgan fingerprint density at radius 1 is 1.09 bits per heavy atom. The average Bonchev–Trinajstić information content (AvgIpc) is 2.84. The molecule has 122 valence electrons. The summed E-state index contributed by atoms with van der Waals surface area (Å²) >= 11 is 0. The van der Waals surface area contributed by atoms with E-state index in [1.165, 1.54) is 11.3 Å². The number of piperazine rings is 1. The number of aryl methyl sites for hydroxylation is 1. The normalized spacial score (nSPS) is 15.9. The summed E-state index contributed by atoms with van der Waals surface area (Å²) in [5, 5.41) is 4.71. The Labute approximate surface area is 137 Å². The Morgan fingerprint density at radius 3 is 2.35 bits per heavy atom. The molecule has 5 heteroatoms. The van der Waals surface area contributed by atoms with Crippen molar-refractivity contribution >= 4 is 5.91 Å². The van der Waals surface area contributed by atoms with Crippen molar-refractivity contribution in [2.45, 2.75) is 27.3 Å². The number of carbonyl (C=O) groups excluding carboxylic acids is 1. The second kappa shape index (κ2) is 6.54. The summed E-state index contributed by atoms with van der Waals surface area (Å²) in [6.07, 6.45) is 0. The number of benzene rings is 1. The Morgan fingerprint density at radius 2 is 1.74 bits per heavy atom. The number of hydrogen-bond acceptors (Lipinski definition) is 3. The summed E-state index contributed by atoms with van der Waals surface area (Å²) in [4.78, 5) is 15.8. The summed E-state index contributed by atoms with van der Waals surface area (Å²) in [6.45, 7) is 10.2. The fourth-order valence-corrected chi connectivity index (χ4v) is 3.17. The lowest BCUT2D eigenvalue weighted by molar-refractivity contribution is -0.130. The fourth-order valence-electron chi connectivity index (χ4n) is 3.17. The molecule has 23 heavy (non-hydrogen) atoms. The minimum absolute atomic E-state index is 0.175. The van der Waals surface area contributed by atoms with Crippen LogP contribution in [-0.4, -0.2) is 51.7 Å². The van der Waals surface area contributed by atoms with E-state index < -0.39 is 0 Å². The lowest BCUT2D eigenvalue weighted by atomic mass is 10.1. The van der Waals surface area contributed by atoms with Gasteiger partial charge in [0, 0.05) is 50.9 Å². The molecule has 0 unspecified atom stereocenters. The standard InChI is InChI=1S/C18H24N4O/c1-14-18(13-20-9-11-21(12-10-20)16(3)23)15(2)22(19-14)17-7-5-4-6-8-17/h4-8H,9-13H2,1-3H3. The van der Waals surface area contributed by atoms with E-state index in [-0.39, 0.29) is 5.91 Å². The first-order chi connectivity index (χ1) is 11.1. The highest BCUT2D eigenvalue weighted by atomic mass is 16.2. The van der Waals surface area contributed by atoms with Crippen LogP contribution in [0.15, 0.2) is 30.3 Å². The van der Waals surface area contributed by atoms with Crippen molar-refractivity contribution in [2.24, 2.45) is 0 Å². The molecule has 0 bridgehead atoms. The van der Waals surface area contributed by atoms with Crippen molar-refractivity contribution < 1.29 is 4.79 Å². The number of carbonyl (C=O) groups is 1. The number of aromatic nitrogens is 2. The number of para-hydroxylation sites is 1. The van der Waals surface area contributed by atoms with E-state index in [9.17, 15) is 4.79 Å². The van der Waals surface area contributed by atoms with E-state index in [1.54, 1.807) is 6.92 Å². The molecular weight excluding hydrogens is 288 g/mol. The first kappa shape index (κ1) is 15.7.